The van der Waals surface area contributed by atoms with Crippen molar-refractivity contribution in [2.45, 2.75) is 76.2 Å². The number of carbonyl (C=O) groups is 1. The smallest absolute Gasteiger partial charge is 0.410 e. The van der Waals surface area contributed by atoms with Crippen molar-refractivity contribution >= 4 is 11.8 Å². The second-order valence-electron chi connectivity index (χ2n) is 14.6. The molecule has 0 radical (unpaired) electrons. The molecule has 1 saturated carbocycles. The molecule has 4 aliphatic rings. The number of halogens is 1. The number of unbranched alkanes of at least 4 members (excludes halogenated alkanes) is 2. The largest absolute Gasteiger partial charge is 0.492 e. The number of hydrogen-bond acceptors (Lipinski definition) is 10. The molecule has 0 unspecified atom stereocenters. The first-order chi connectivity index (χ1) is 26.4. The molecule has 2 aliphatic heterocycles. The van der Waals surface area contributed by atoms with Crippen molar-refractivity contribution in [1.82, 2.24) is 9.80 Å². The number of rotatable bonds is 20. The molecule has 6 rings (SSSR count). The summed E-state index contributed by atoms with van der Waals surface area (Å²) in [6.07, 6.45) is 8.32. The van der Waals surface area contributed by atoms with Crippen molar-refractivity contribution in [2.75, 3.05) is 59.8 Å². The number of methoxy groups -OCH3 is 1. The van der Waals surface area contributed by atoms with E-state index in [2.05, 4.69) is 23.6 Å². The van der Waals surface area contributed by atoms with Gasteiger partial charge in [-0.05, 0) is 85.9 Å². The topological polar surface area (TPSA) is 122 Å². The summed E-state index contributed by atoms with van der Waals surface area (Å²) in [6, 6.07) is 11.3. The number of benzene rings is 2. The average Bonchev–Trinajstić information content (AvgIpc) is 4.02. The Kier molecular flexibility index (Phi) is 13.7. The maximum absolute atomic E-state index is 14.1. The number of oxime groups is 1. The summed E-state index contributed by atoms with van der Waals surface area (Å²) in [5.74, 6) is -0.838. The normalized spacial score (nSPS) is 26.2. The van der Waals surface area contributed by atoms with Gasteiger partial charge >= 0.3 is 6.09 Å². The lowest BCUT2D eigenvalue weighted by Crippen LogP contribution is -2.70. The maximum atomic E-state index is 14.1. The van der Waals surface area contributed by atoms with Gasteiger partial charge in [-0.15, -0.1) is 6.58 Å². The first-order valence-corrected chi connectivity index (χ1v) is 19.5. The van der Waals surface area contributed by atoms with Crippen molar-refractivity contribution in [1.29, 1.82) is 0 Å². The number of hydrogen-bond donors (Lipinski definition) is 2. The van der Waals surface area contributed by atoms with Gasteiger partial charge in [0.15, 0.2) is 0 Å². The van der Waals surface area contributed by atoms with E-state index in [1.807, 2.05) is 19.1 Å². The van der Waals surface area contributed by atoms with Crippen LogP contribution < -0.4 is 9.47 Å². The zero-order valence-electron chi connectivity index (χ0n) is 31.7. The predicted molar refractivity (Wildman–Crippen MR) is 203 cm³/mol. The van der Waals surface area contributed by atoms with Gasteiger partial charge in [-0.2, -0.15) is 0 Å². The summed E-state index contributed by atoms with van der Waals surface area (Å²) in [7, 11) is 1.34. The van der Waals surface area contributed by atoms with Gasteiger partial charge in [0.25, 0.3) is 0 Å². The number of carbonyl (C=O) groups excluding carboxylic acids is 1. The van der Waals surface area contributed by atoms with E-state index in [-0.39, 0.29) is 56.4 Å². The molecule has 2 heterocycles. The molecule has 0 bridgehead atoms. The standard InChI is InChI=1S/C42H56FN3O8/c1-4-23-52-42-38(46(41(49)50-3)28-29-12-14-31(43)15-13-29)27-36(44-53-5-2)34-25-30(10-6-8-21-47)33(11-7-9-22-48)39(40(34)42)35-26-32(16-17-37(35)54-42)51-24-20-45-18-19-45/h4,12-17,25-26,30,33,38-40,47-48H,1,5-11,18-24,27-28H2,2-3H3/t30-,33+,38-,39+,40+,42+/m0/s1. The summed E-state index contributed by atoms with van der Waals surface area (Å²) in [4.78, 5) is 23.7. The second-order valence-corrected chi connectivity index (χ2v) is 14.6. The third-order valence-corrected chi connectivity index (χ3v) is 11.2. The van der Waals surface area contributed by atoms with Gasteiger partial charge in [0.2, 0.25) is 5.79 Å². The molecule has 2 N–H and O–H groups in total. The van der Waals surface area contributed by atoms with Crippen LogP contribution in [0.3, 0.4) is 0 Å². The molecule has 6 atom stereocenters. The molecule has 1 amide bonds. The fourth-order valence-corrected chi connectivity index (χ4v) is 8.67. The van der Waals surface area contributed by atoms with Crippen LogP contribution in [0.4, 0.5) is 9.18 Å². The highest BCUT2D eigenvalue weighted by molar-refractivity contribution is 6.03. The van der Waals surface area contributed by atoms with Crippen LogP contribution >= 0.6 is 0 Å². The first-order valence-electron chi connectivity index (χ1n) is 19.5. The fourth-order valence-electron chi connectivity index (χ4n) is 8.67. The van der Waals surface area contributed by atoms with Crippen molar-refractivity contribution in [2.24, 2.45) is 22.9 Å². The Morgan fingerprint density at radius 3 is 2.56 bits per heavy atom. The number of allylic oxidation sites excluding steroid dienone is 1. The minimum atomic E-state index is -1.43. The Labute approximate surface area is 318 Å². The van der Waals surface area contributed by atoms with E-state index in [1.54, 1.807) is 23.1 Å². The van der Waals surface area contributed by atoms with Gasteiger partial charge in [-0.3, -0.25) is 9.80 Å². The Morgan fingerprint density at radius 1 is 1.11 bits per heavy atom. The molecular formula is C42H56FN3O8. The predicted octanol–water partition coefficient (Wildman–Crippen LogP) is 6.44. The third kappa shape index (κ3) is 8.77. The van der Waals surface area contributed by atoms with Crippen LogP contribution in [0.5, 0.6) is 11.5 Å². The Bertz CT molecular complexity index is 1630. The summed E-state index contributed by atoms with van der Waals surface area (Å²) in [6.45, 7) is 10.3. The van der Waals surface area contributed by atoms with Gasteiger partial charge < -0.3 is 34.0 Å². The minimum absolute atomic E-state index is 0.0851. The lowest BCUT2D eigenvalue weighted by atomic mass is 9.55. The molecule has 2 aromatic carbocycles. The molecular weight excluding hydrogens is 693 g/mol. The van der Waals surface area contributed by atoms with Crippen molar-refractivity contribution < 1.29 is 43.2 Å². The molecule has 12 heteroatoms. The average molecular weight is 750 g/mol. The van der Waals surface area contributed by atoms with Crippen molar-refractivity contribution in [3.63, 3.8) is 0 Å². The monoisotopic (exact) mass is 749 g/mol. The van der Waals surface area contributed by atoms with Crippen LogP contribution in [0, 0.1) is 23.6 Å². The van der Waals surface area contributed by atoms with Crippen LogP contribution in [-0.4, -0.2) is 103 Å². The quantitative estimate of drug-likeness (QED) is 0.0682. The number of nitrogens with zero attached hydrogens (tertiary/aromatic N) is 3. The highest BCUT2D eigenvalue weighted by Crippen LogP contribution is 2.62. The number of amides is 1. The summed E-state index contributed by atoms with van der Waals surface area (Å²) in [5.41, 5.74) is 3.35. The Balaban J connectivity index is 1.55. The molecule has 0 aromatic heterocycles. The van der Waals surface area contributed by atoms with E-state index in [0.29, 0.717) is 43.1 Å². The van der Waals surface area contributed by atoms with Gasteiger partial charge in [-0.25, -0.2) is 9.18 Å². The molecule has 0 spiro atoms. The van der Waals surface area contributed by atoms with Crippen LogP contribution in [0.1, 0.15) is 68.9 Å². The van der Waals surface area contributed by atoms with Gasteiger partial charge in [0, 0.05) is 57.3 Å². The highest BCUT2D eigenvalue weighted by atomic mass is 19.1. The SMILES string of the molecule is C=CCO[C@@]12Oc3ccc(OCCN4CC4)cc3[C@H]3[C@H](CCCCO)[C@@H](CCCCO)C=C(C(=NOCC)C[C@@H]1N(Cc1ccc(F)cc1)C(=O)OC)[C@H]32. The molecule has 2 aliphatic carbocycles. The molecule has 294 valence electrons. The van der Waals surface area contributed by atoms with Crippen LogP contribution in [0.15, 0.2) is 71.9 Å². The van der Waals surface area contributed by atoms with Crippen LogP contribution in [0.2, 0.25) is 0 Å². The fraction of sp³-hybridized carbons (Fsp3) is 0.571. The van der Waals surface area contributed by atoms with Crippen molar-refractivity contribution in [3.05, 3.63) is 83.7 Å². The number of fused-ring (bicyclic) bond motifs is 2. The van der Waals surface area contributed by atoms with E-state index >= 15 is 0 Å². The molecule has 2 aromatic rings. The Morgan fingerprint density at radius 2 is 1.87 bits per heavy atom. The number of ether oxygens (including phenoxy) is 4. The molecule has 1 saturated heterocycles. The van der Waals surface area contributed by atoms with E-state index in [0.717, 1.165) is 62.2 Å². The molecule has 11 nitrogen and oxygen atoms in total. The summed E-state index contributed by atoms with van der Waals surface area (Å²) in [5, 5.41) is 24.3. The number of aliphatic hydroxyl groups excluding tert-OH is 2. The Hall–Kier alpha value is -3.97. The maximum Gasteiger partial charge on any atom is 0.410 e. The lowest BCUT2D eigenvalue weighted by Gasteiger charge is -2.59. The first kappa shape index (κ1) is 39.7. The van der Waals surface area contributed by atoms with Crippen LogP contribution in [0.25, 0.3) is 0 Å². The molecule has 54 heavy (non-hydrogen) atoms. The van der Waals surface area contributed by atoms with Gasteiger partial charge in [0.05, 0.1) is 25.3 Å². The summed E-state index contributed by atoms with van der Waals surface area (Å²) >= 11 is 0. The second kappa shape index (κ2) is 18.6. The van der Waals surface area contributed by atoms with E-state index in [4.69, 9.17) is 28.9 Å². The molecule has 2 fully saturated rings. The van der Waals surface area contributed by atoms with E-state index < -0.39 is 23.8 Å². The van der Waals surface area contributed by atoms with E-state index in [1.165, 1.54) is 19.2 Å². The minimum Gasteiger partial charge on any atom is -0.492 e. The van der Waals surface area contributed by atoms with Crippen LogP contribution in [-0.2, 0) is 20.9 Å². The number of aliphatic hydroxyl groups is 2. The summed E-state index contributed by atoms with van der Waals surface area (Å²) < 4.78 is 40.0. The highest BCUT2D eigenvalue weighted by Gasteiger charge is 2.65. The van der Waals surface area contributed by atoms with E-state index in [9.17, 15) is 19.4 Å². The van der Waals surface area contributed by atoms with Crippen molar-refractivity contribution in [3.8, 4) is 11.5 Å². The lowest BCUT2D eigenvalue weighted by molar-refractivity contribution is -0.256. The van der Waals surface area contributed by atoms with Gasteiger partial charge in [-0.1, -0.05) is 42.3 Å². The zero-order valence-corrected chi connectivity index (χ0v) is 31.7. The third-order valence-electron chi connectivity index (χ3n) is 11.2. The zero-order chi connectivity index (χ0) is 38.1. The van der Waals surface area contributed by atoms with Gasteiger partial charge in [0.1, 0.15) is 36.6 Å².